The highest BCUT2D eigenvalue weighted by atomic mass is 79.9. The molecular formula is C16H18BrNO. The molecule has 1 aliphatic rings. The van der Waals surface area contributed by atoms with Gasteiger partial charge in [0.25, 0.3) is 0 Å². The van der Waals surface area contributed by atoms with E-state index in [2.05, 4.69) is 64.6 Å². The van der Waals surface area contributed by atoms with Crippen LogP contribution >= 0.6 is 15.9 Å². The molecule has 3 rings (SSSR count). The van der Waals surface area contributed by atoms with Crippen molar-refractivity contribution in [2.24, 2.45) is 0 Å². The van der Waals surface area contributed by atoms with Gasteiger partial charge in [0.15, 0.2) is 0 Å². The minimum Gasteiger partial charge on any atom is -0.382 e. The number of benzene rings is 2. The molecule has 0 bridgehead atoms. The third-order valence-electron chi connectivity index (χ3n) is 3.67. The van der Waals surface area contributed by atoms with Crippen LogP contribution in [0, 0.1) is 0 Å². The minimum atomic E-state index is 0.457. The maximum Gasteiger partial charge on any atom is 0.0614 e. The van der Waals surface area contributed by atoms with Gasteiger partial charge in [-0.1, -0.05) is 28.1 Å². The molecule has 0 saturated heterocycles. The summed E-state index contributed by atoms with van der Waals surface area (Å²) in [7, 11) is 0. The van der Waals surface area contributed by atoms with E-state index in [1.807, 2.05) is 0 Å². The highest BCUT2D eigenvalue weighted by Gasteiger charge is 2.29. The largest absolute Gasteiger partial charge is 0.382 e. The van der Waals surface area contributed by atoms with Crippen molar-refractivity contribution in [1.29, 1.82) is 0 Å². The second-order valence-electron chi connectivity index (χ2n) is 5.10. The Hall–Kier alpha value is -1.06. The average molecular weight is 320 g/mol. The summed E-state index contributed by atoms with van der Waals surface area (Å²) in [5.74, 6) is 0. The molecule has 2 nitrogen and oxygen atoms in total. The van der Waals surface area contributed by atoms with E-state index >= 15 is 0 Å². The van der Waals surface area contributed by atoms with E-state index in [4.69, 9.17) is 4.74 Å². The Morgan fingerprint density at radius 3 is 2.68 bits per heavy atom. The molecule has 2 aromatic rings. The van der Waals surface area contributed by atoms with Crippen LogP contribution in [0.2, 0.25) is 0 Å². The predicted molar refractivity (Wildman–Crippen MR) is 83.7 cm³/mol. The van der Waals surface area contributed by atoms with E-state index < -0.39 is 0 Å². The van der Waals surface area contributed by atoms with E-state index in [9.17, 15) is 0 Å². The van der Waals surface area contributed by atoms with Crippen LogP contribution in [0.4, 0.5) is 5.69 Å². The lowest BCUT2D eigenvalue weighted by Crippen LogP contribution is -2.40. The molecule has 1 N–H and O–H groups in total. The highest BCUT2D eigenvalue weighted by Crippen LogP contribution is 2.28. The van der Waals surface area contributed by atoms with Crippen LogP contribution in [-0.4, -0.2) is 18.8 Å². The quantitative estimate of drug-likeness (QED) is 0.890. The number of nitrogens with one attached hydrogen (secondary N) is 1. The van der Waals surface area contributed by atoms with Crippen molar-refractivity contribution in [3.05, 3.63) is 40.9 Å². The second-order valence-corrected chi connectivity index (χ2v) is 6.01. The van der Waals surface area contributed by atoms with Crippen molar-refractivity contribution in [2.45, 2.75) is 31.9 Å². The molecule has 1 aliphatic carbocycles. The molecule has 0 radical (unpaired) electrons. The minimum absolute atomic E-state index is 0.457. The van der Waals surface area contributed by atoms with E-state index in [-0.39, 0.29) is 0 Å². The number of hydrogen-bond acceptors (Lipinski definition) is 2. The topological polar surface area (TPSA) is 21.3 Å². The van der Waals surface area contributed by atoms with Gasteiger partial charge >= 0.3 is 0 Å². The van der Waals surface area contributed by atoms with E-state index in [0.717, 1.165) is 23.9 Å². The standard InChI is InChI=1S/C16H18BrNO/c1-2-19-16-9-15(10-16)18-14-6-4-11-7-13(17)5-3-12(11)8-14/h3-8,15-16,18H,2,9-10H2,1H3. The fraction of sp³-hybridized carbons (Fsp3) is 0.375. The van der Waals surface area contributed by atoms with Gasteiger partial charge in [0.05, 0.1) is 6.10 Å². The Kier molecular flexibility index (Phi) is 3.76. The van der Waals surface area contributed by atoms with Gasteiger partial charge in [-0.2, -0.15) is 0 Å². The lowest BCUT2D eigenvalue weighted by Gasteiger charge is -2.36. The fourth-order valence-electron chi connectivity index (χ4n) is 2.60. The smallest absolute Gasteiger partial charge is 0.0614 e. The van der Waals surface area contributed by atoms with Crippen LogP contribution in [0.3, 0.4) is 0 Å². The average Bonchev–Trinajstić information content (AvgIpc) is 2.36. The van der Waals surface area contributed by atoms with E-state index in [1.165, 1.54) is 16.5 Å². The van der Waals surface area contributed by atoms with Crippen LogP contribution in [0.25, 0.3) is 10.8 Å². The van der Waals surface area contributed by atoms with Crippen molar-refractivity contribution >= 4 is 32.4 Å². The van der Waals surface area contributed by atoms with Gasteiger partial charge in [-0.15, -0.1) is 0 Å². The zero-order chi connectivity index (χ0) is 13.2. The first-order valence-corrected chi connectivity index (χ1v) is 7.61. The summed E-state index contributed by atoms with van der Waals surface area (Å²) in [5.41, 5.74) is 1.20. The van der Waals surface area contributed by atoms with Gasteiger partial charge in [0, 0.05) is 22.8 Å². The summed E-state index contributed by atoms with van der Waals surface area (Å²) in [6, 6.07) is 13.5. The van der Waals surface area contributed by atoms with Crippen molar-refractivity contribution in [3.8, 4) is 0 Å². The Labute approximate surface area is 122 Å². The van der Waals surface area contributed by atoms with Gasteiger partial charge < -0.3 is 10.1 Å². The molecular weight excluding hydrogens is 302 g/mol. The number of hydrogen-bond donors (Lipinski definition) is 1. The third kappa shape index (κ3) is 2.93. The number of ether oxygens (including phenoxy) is 1. The molecule has 0 amide bonds. The summed E-state index contributed by atoms with van der Waals surface area (Å²) in [6.45, 7) is 2.88. The maximum atomic E-state index is 5.58. The Morgan fingerprint density at radius 2 is 1.89 bits per heavy atom. The summed E-state index contributed by atoms with van der Waals surface area (Å²) < 4.78 is 6.71. The van der Waals surface area contributed by atoms with Gasteiger partial charge in [-0.25, -0.2) is 0 Å². The summed E-state index contributed by atoms with van der Waals surface area (Å²) in [4.78, 5) is 0. The van der Waals surface area contributed by atoms with Crippen molar-refractivity contribution in [2.75, 3.05) is 11.9 Å². The molecule has 2 aromatic carbocycles. The molecule has 3 heteroatoms. The first-order chi connectivity index (χ1) is 9.24. The number of halogens is 1. The molecule has 0 unspecified atom stereocenters. The Morgan fingerprint density at radius 1 is 1.16 bits per heavy atom. The lowest BCUT2D eigenvalue weighted by molar-refractivity contribution is 0.00300. The third-order valence-corrected chi connectivity index (χ3v) is 4.16. The van der Waals surface area contributed by atoms with Crippen LogP contribution < -0.4 is 5.32 Å². The fourth-order valence-corrected chi connectivity index (χ4v) is 2.98. The van der Waals surface area contributed by atoms with Gasteiger partial charge in [-0.05, 0) is 54.8 Å². The second kappa shape index (κ2) is 5.51. The van der Waals surface area contributed by atoms with Crippen molar-refractivity contribution in [3.63, 3.8) is 0 Å². The molecule has 0 aromatic heterocycles. The molecule has 0 aliphatic heterocycles. The number of rotatable bonds is 4. The maximum absolute atomic E-state index is 5.58. The van der Waals surface area contributed by atoms with E-state index in [1.54, 1.807) is 0 Å². The summed E-state index contributed by atoms with van der Waals surface area (Å²) in [5, 5.41) is 6.12. The molecule has 19 heavy (non-hydrogen) atoms. The van der Waals surface area contributed by atoms with Crippen LogP contribution in [-0.2, 0) is 4.74 Å². The predicted octanol–water partition coefficient (Wildman–Crippen LogP) is 4.58. The first-order valence-electron chi connectivity index (χ1n) is 6.82. The molecule has 0 spiro atoms. The van der Waals surface area contributed by atoms with Crippen molar-refractivity contribution < 1.29 is 4.74 Å². The Bertz CT molecular complexity index is 578. The van der Waals surface area contributed by atoms with Gasteiger partial charge in [-0.3, -0.25) is 0 Å². The van der Waals surface area contributed by atoms with Crippen molar-refractivity contribution in [1.82, 2.24) is 0 Å². The molecule has 100 valence electrons. The SMILES string of the molecule is CCOC1CC(Nc2ccc3cc(Br)ccc3c2)C1. The summed E-state index contributed by atoms with van der Waals surface area (Å²) in [6.07, 6.45) is 2.69. The zero-order valence-electron chi connectivity index (χ0n) is 11.0. The van der Waals surface area contributed by atoms with Crippen LogP contribution in [0.5, 0.6) is 0 Å². The summed E-state index contributed by atoms with van der Waals surface area (Å²) >= 11 is 3.50. The Balaban J connectivity index is 1.67. The van der Waals surface area contributed by atoms with Gasteiger partial charge in [0.2, 0.25) is 0 Å². The first kappa shape index (κ1) is 12.9. The monoisotopic (exact) mass is 319 g/mol. The molecule has 0 atom stereocenters. The lowest BCUT2D eigenvalue weighted by atomic mass is 9.89. The van der Waals surface area contributed by atoms with Gasteiger partial charge in [0.1, 0.15) is 0 Å². The highest BCUT2D eigenvalue weighted by molar-refractivity contribution is 9.10. The number of anilines is 1. The molecule has 0 heterocycles. The van der Waals surface area contributed by atoms with Crippen LogP contribution in [0.1, 0.15) is 19.8 Å². The van der Waals surface area contributed by atoms with E-state index in [0.29, 0.717) is 12.1 Å². The number of fused-ring (bicyclic) bond motifs is 1. The van der Waals surface area contributed by atoms with Crippen LogP contribution in [0.15, 0.2) is 40.9 Å². The molecule has 1 fully saturated rings. The zero-order valence-corrected chi connectivity index (χ0v) is 12.6. The normalized spacial score (nSPS) is 22.2. The molecule has 1 saturated carbocycles.